The van der Waals surface area contributed by atoms with Gasteiger partial charge in [0.15, 0.2) is 0 Å². The molecule has 1 aliphatic rings. The summed E-state index contributed by atoms with van der Waals surface area (Å²) >= 11 is 0. The third-order valence-electron chi connectivity index (χ3n) is 6.64. The van der Waals surface area contributed by atoms with Crippen molar-refractivity contribution in [1.82, 2.24) is 20.0 Å². The molecule has 0 aromatic heterocycles. The van der Waals surface area contributed by atoms with Crippen LogP contribution in [-0.2, 0) is 35.0 Å². The molecule has 44 heavy (non-hydrogen) atoms. The summed E-state index contributed by atoms with van der Waals surface area (Å²) in [5.74, 6) is -0.860. The van der Waals surface area contributed by atoms with Gasteiger partial charge in [-0.3, -0.25) is 29.1 Å². The van der Waals surface area contributed by atoms with Crippen molar-refractivity contribution >= 4 is 23.6 Å². The Bertz CT molecular complexity index is 1020. The number of hydrogen-bond acceptors (Lipinski definition) is 11. The SMILES string of the molecule is CC(C)(C)OC(=O)CNC(Cc1ccc(N)cc1)CN1CCN(CC(=O)OC(C)(C)C)CCN(CC(=O)OC(C)(C)C)CC1. The van der Waals surface area contributed by atoms with E-state index in [4.69, 9.17) is 19.9 Å². The van der Waals surface area contributed by atoms with Gasteiger partial charge in [-0.2, -0.15) is 0 Å². The third kappa shape index (κ3) is 16.9. The van der Waals surface area contributed by atoms with Gasteiger partial charge in [-0.05, 0) is 86.4 Å². The number of rotatable bonds is 11. The quantitative estimate of drug-likeness (QED) is 0.216. The van der Waals surface area contributed by atoms with Gasteiger partial charge in [0.1, 0.15) is 16.8 Å². The zero-order valence-corrected chi connectivity index (χ0v) is 28.5. The van der Waals surface area contributed by atoms with E-state index >= 15 is 0 Å². The molecule has 11 nitrogen and oxygen atoms in total. The molecule has 0 amide bonds. The molecule has 0 aliphatic carbocycles. The van der Waals surface area contributed by atoms with Crippen molar-refractivity contribution in [3.05, 3.63) is 29.8 Å². The molecular weight excluding hydrogens is 562 g/mol. The second-order valence-corrected chi connectivity index (χ2v) is 14.6. The van der Waals surface area contributed by atoms with Gasteiger partial charge in [-0.15, -0.1) is 0 Å². The molecule has 1 aliphatic heterocycles. The van der Waals surface area contributed by atoms with Crippen molar-refractivity contribution in [2.45, 2.75) is 91.6 Å². The van der Waals surface area contributed by atoms with E-state index in [2.05, 4.69) is 20.0 Å². The van der Waals surface area contributed by atoms with Crippen LogP contribution < -0.4 is 11.1 Å². The Labute approximate surface area is 264 Å². The molecule has 1 atom stereocenters. The fourth-order valence-corrected chi connectivity index (χ4v) is 4.85. The van der Waals surface area contributed by atoms with E-state index in [1.54, 1.807) is 0 Å². The third-order valence-corrected chi connectivity index (χ3v) is 6.64. The zero-order valence-electron chi connectivity index (χ0n) is 28.5. The van der Waals surface area contributed by atoms with Crippen LogP contribution in [0.1, 0.15) is 67.9 Å². The Hall–Kier alpha value is -2.73. The van der Waals surface area contributed by atoms with Gasteiger partial charge >= 0.3 is 17.9 Å². The van der Waals surface area contributed by atoms with E-state index in [1.165, 1.54) is 0 Å². The molecule has 1 aromatic rings. The summed E-state index contributed by atoms with van der Waals surface area (Å²) in [6, 6.07) is 7.70. The number of carbonyl (C=O) groups excluding carboxylic acids is 3. The minimum absolute atomic E-state index is 0.0643. The number of nitrogen functional groups attached to an aromatic ring is 1. The monoisotopic (exact) mass is 619 g/mol. The van der Waals surface area contributed by atoms with Crippen LogP contribution in [0.25, 0.3) is 0 Å². The highest BCUT2D eigenvalue weighted by atomic mass is 16.6. The standard InChI is InChI=1S/C33H57N5O6/c1-31(2,3)42-28(39)21-35-27(20-25-10-12-26(34)13-11-25)22-36-14-16-37(23-29(40)43-32(4,5)6)18-19-38(17-15-36)24-30(41)44-33(7,8)9/h10-13,27,35H,14-24,34H2,1-9H3. The number of carbonyl (C=O) groups is 3. The van der Waals surface area contributed by atoms with Crippen molar-refractivity contribution in [2.75, 3.05) is 71.2 Å². The van der Waals surface area contributed by atoms with Crippen LogP contribution in [0.3, 0.4) is 0 Å². The lowest BCUT2D eigenvalue weighted by molar-refractivity contribution is -0.158. The van der Waals surface area contributed by atoms with Gasteiger partial charge in [0.2, 0.25) is 0 Å². The van der Waals surface area contributed by atoms with E-state index < -0.39 is 16.8 Å². The Morgan fingerprint density at radius 3 is 1.48 bits per heavy atom. The van der Waals surface area contributed by atoms with Crippen LogP contribution in [0.15, 0.2) is 24.3 Å². The van der Waals surface area contributed by atoms with E-state index in [0.717, 1.165) is 5.56 Å². The molecule has 0 bridgehead atoms. The van der Waals surface area contributed by atoms with Gasteiger partial charge in [0.05, 0.1) is 19.6 Å². The first-order valence-electron chi connectivity index (χ1n) is 15.7. The molecule has 1 heterocycles. The first-order chi connectivity index (χ1) is 20.3. The van der Waals surface area contributed by atoms with Crippen molar-refractivity contribution in [3.8, 4) is 0 Å². The number of anilines is 1. The van der Waals surface area contributed by atoms with E-state index in [9.17, 15) is 14.4 Å². The molecule has 250 valence electrons. The summed E-state index contributed by atoms with van der Waals surface area (Å²) in [6.07, 6.45) is 0.683. The van der Waals surface area contributed by atoms with Crippen LogP contribution >= 0.6 is 0 Å². The Kier molecular flexibility index (Phi) is 14.1. The smallest absolute Gasteiger partial charge is 0.320 e. The van der Waals surface area contributed by atoms with Crippen molar-refractivity contribution in [1.29, 1.82) is 0 Å². The lowest BCUT2D eigenvalue weighted by Gasteiger charge is -2.30. The minimum Gasteiger partial charge on any atom is -0.459 e. The molecule has 3 N–H and O–H groups in total. The predicted molar refractivity (Wildman–Crippen MR) is 173 cm³/mol. The second-order valence-electron chi connectivity index (χ2n) is 14.6. The molecule has 0 spiro atoms. The topological polar surface area (TPSA) is 127 Å². The summed E-state index contributed by atoms with van der Waals surface area (Å²) in [4.78, 5) is 44.5. The Morgan fingerprint density at radius 2 is 1.07 bits per heavy atom. The van der Waals surface area contributed by atoms with Crippen LogP contribution in [-0.4, -0.2) is 121 Å². The lowest BCUT2D eigenvalue weighted by Crippen LogP contribution is -2.48. The van der Waals surface area contributed by atoms with Crippen molar-refractivity contribution < 1.29 is 28.6 Å². The number of nitrogens with one attached hydrogen (secondary N) is 1. The Balaban J connectivity index is 2.21. The van der Waals surface area contributed by atoms with E-state index in [0.29, 0.717) is 57.9 Å². The van der Waals surface area contributed by atoms with Crippen molar-refractivity contribution in [2.24, 2.45) is 0 Å². The van der Waals surface area contributed by atoms with Crippen LogP contribution in [0.5, 0.6) is 0 Å². The Morgan fingerprint density at radius 1 is 0.682 bits per heavy atom. The summed E-state index contributed by atoms with van der Waals surface area (Å²) < 4.78 is 16.7. The van der Waals surface area contributed by atoms with Gasteiger partial charge in [0, 0.05) is 57.5 Å². The number of benzene rings is 1. The molecule has 0 saturated carbocycles. The molecule has 1 aromatic carbocycles. The maximum absolute atomic E-state index is 12.7. The molecular formula is C33H57N5O6. The number of hydrogen-bond donors (Lipinski definition) is 2. The van der Waals surface area contributed by atoms with Crippen LogP contribution in [0, 0.1) is 0 Å². The number of nitrogens with zero attached hydrogens (tertiary/aromatic N) is 3. The molecule has 1 unspecified atom stereocenters. The summed E-state index contributed by atoms with van der Waals surface area (Å²) in [5, 5.41) is 3.42. The van der Waals surface area contributed by atoms with E-state index in [-0.39, 0.29) is 43.6 Å². The molecule has 0 radical (unpaired) electrons. The van der Waals surface area contributed by atoms with Gasteiger partial charge in [-0.25, -0.2) is 0 Å². The largest absolute Gasteiger partial charge is 0.459 e. The fourth-order valence-electron chi connectivity index (χ4n) is 4.85. The molecule has 2 rings (SSSR count). The first-order valence-corrected chi connectivity index (χ1v) is 15.7. The number of esters is 3. The van der Waals surface area contributed by atoms with Crippen molar-refractivity contribution in [3.63, 3.8) is 0 Å². The summed E-state index contributed by atoms with van der Waals surface area (Å²) in [7, 11) is 0. The van der Waals surface area contributed by atoms with Crippen LogP contribution in [0.2, 0.25) is 0 Å². The highest BCUT2D eigenvalue weighted by molar-refractivity contribution is 5.73. The predicted octanol–water partition coefficient (Wildman–Crippen LogP) is 2.71. The first kappa shape index (κ1) is 37.5. The van der Waals surface area contributed by atoms with Crippen LogP contribution in [0.4, 0.5) is 5.69 Å². The number of ether oxygens (including phenoxy) is 3. The lowest BCUT2D eigenvalue weighted by atomic mass is 10.0. The maximum Gasteiger partial charge on any atom is 0.320 e. The molecule has 1 fully saturated rings. The maximum atomic E-state index is 12.7. The fraction of sp³-hybridized carbons (Fsp3) is 0.727. The molecule has 1 saturated heterocycles. The van der Waals surface area contributed by atoms with Gasteiger partial charge < -0.3 is 25.3 Å². The second kappa shape index (κ2) is 16.5. The average molecular weight is 620 g/mol. The zero-order chi connectivity index (χ0) is 33.1. The van der Waals surface area contributed by atoms with Gasteiger partial charge in [0.25, 0.3) is 0 Å². The summed E-state index contributed by atoms with van der Waals surface area (Å²) in [5.41, 5.74) is 6.00. The van der Waals surface area contributed by atoms with E-state index in [1.807, 2.05) is 86.6 Å². The average Bonchev–Trinajstić information content (AvgIpc) is 2.92. The minimum atomic E-state index is -0.569. The highest BCUT2D eigenvalue weighted by Crippen LogP contribution is 2.13. The van der Waals surface area contributed by atoms with Gasteiger partial charge in [-0.1, -0.05) is 12.1 Å². The number of nitrogens with two attached hydrogens (primary N) is 1. The summed E-state index contributed by atoms with van der Waals surface area (Å²) in [6.45, 7) is 21.7. The normalized spacial score (nSPS) is 17.2. The molecule has 11 heteroatoms. The highest BCUT2D eigenvalue weighted by Gasteiger charge is 2.26.